The van der Waals surface area contributed by atoms with Gasteiger partial charge >= 0.3 is 0 Å². The number of rotatable bonds is 5. The van der Waals surface area contributed by atoms with Crippen LogP contribution in [0.2, 0.25) is 5.02 Å². The second-order valence-corrected chi connectivity index (χ2v) is 6.56. The Labute approximate surface area is 152 Å². The summed E-state index contributed by atoms with van der Waals surface area (Å²) in [5.74, 6) is 1.53. The summed E-state index contributed by atoms with van der Waals surface area (Å²) in [4.78, 5) is 4.43. The summed E-state index contributed by atoms with van der Waals surface area (Å²) in [5.41, 5.74) is 4.08. The second-order valence-electron chi connectivity index (χ2n) is 6.16. The third-order valence-electron chi connectivity index (χ3n) is 3.84. The second kappa shape index (κ2) is 7.49. The minimum atomic E-state index is 0.406. The normalized spacial score (nSPS) is 10.8. The molecular weight excluding hydrogens is 334 g/mol. The van der Waals surface area contributed by atoms with Crippen molar-refractivity contribution in [2.45, 2.75) is 26.7 Å². The molecule has 0 aliphatic rings. The van der Waals surface area contributed by atoms with Gasteiger partial charge in [-0.15, -0.1) is 5.10 Å². The van der Waals surface area contributed by atoms with Gasteiger partial charge in [-0.05, 0) is 48.2 Å². The van der Waals surface area contributed by atoms with E-state index >= 15 is 0 Å². The Morgan fingerprint density at radius 1 is 0.960 bits per heavy atom. The Bertz CT molecular complexity index is 862. The first kappa shape index (κ1) is 17.2. The monoisotopic (exact) mass is 353 g/mol. The Hall–Kier alpha value is -2.66. The molecule has 2 N–H and O–H groups in total. The van der Waals surface area contributed by atoms with Gasteiger partial charge in [0.15, 0.2) is 5.82 Å². The zero-order valence-electron chi connectivity index (χ0n) is 14.4. The number of nitrogens with zero attached hydrogens (tertiary/aromatic N) is 3. The van der Waals surface area contributed by atoms with Crippen molar-refractivity contribution >= 4 is 34.7 Å². The molecule has 3 rings (SSSR count). The van der Waals surface area contributed by atoms with Crippen LogP contribution in [-0.4, -0.2) is 15.2 Å². The summed E-state index contributed by atoms with van der Waals surface area (Å²) >= 11 is 6.14. The Morgan fingerprint density at radius 3 is 2.36 bits per heavy atom. The van der Waals surface area contributed by atoms with Crippen LogP contribution in [-0.2, 0) is 0 Å². The van der Waals surface area contributed by atoms with E-state index in [1.807, 2.05) is 37.3 Å². The zero-order chi connectivity index (χ0) is 17.8. The van der Waals surface area contributed by atoms with Gasteiger partial charge in [-0.3, -0.25) is 0 Å². The average Bonchev–Trinajstić information content (AvgIpc) is 2.59. The highest BCUT2D eigenvalue weighted by atomic mass is 35.5. The van der Waals surface area contributed by atoms with Gasteiger partial charge in [0.1, 0.15) is 0 Å². The topological polar surface area (TPSA) is 62.7 Å². The van der Waals surface area contributed by atoms with Crippen LogP contribution in [0.3, 0.4) is 0 Å². The summed E-state index contributed by atoms with van der Waals surface area (Å²) in [5, 5.41) is 15.0. The molecule has 0 radical (unpaired) electrons. The SMILES string of the molecule is Cc1ccc(Nc2nncc(Nc3ccc(C(C)C)cc3)n2)cc1Cl. The van der Waals surface area contributed by atoms with Crippen molar-refractivity contribution in [3.8, 4) is 0 Å². The first-order valence-corrected chi connectivity index (χ1v) is 8.49. The molecule has 2 aromatic carbocycles. The number of hydrogen-bond donors (Lipinski definition) is 2. The maximum absolute atomic E-state index is 6.14. The van der Waals surface area contributed by atoms with E-state index in [4.69, 9.17) is 11.6 Å². The van der Waals surface area contributed by atoms with Crippen LogP contribution in [0, 0.1) is 6.92 Å². The highest BCUT2D eigenvalue weighted by Gasteiger charge is 2.04. The third kappa shape index (κ3) is 4.45. The number of halogens is 1. The van der Waals surface area contributed by atoms with E-state index in [1.165, 1.54) is 5.56 Å². The molecule has 0 spiro atoms. The Kier molecular flexibility index (Phi) is 5.14. The predicted octanol–water partition coefficient (Wildman–Crippen LogP) is 5.44. The molecule has 0 aliphatic heterocycles. The van der Waals surface area contributed by atoms with Crippen molar-refractivity contribution in [1.82, 2.24) is 15.2 Å². The van der Waals surface area contributed by atoms with Crippen molar-refractivity contribution in [3.63, 3.8) is 0 Å². The minimum absolute atomic E-state index is 0.406. The quantitative estimate of drug-likeness (QED) is 0.639. The minimum Gasteiger partial charge on any atom is -0.339 e. The van der Waals surface area contributed by atoms with Crippen molar-refractivity contribution in [3.05, 3.63) is 64.8 Å². The van der Waals surface area contributed by atoms with E-state index in [2.05, 4.69) is 51.8 Å². The molecule has 0 amide bonds. The zero-order valence-corrected chi connectivity index (χ0v) is 15.2. The van der Waals surface area contributed by atoms with Gasteiger partial charge in [0, 0.05) is 16.4 Å². The van der Waals surface area contributed by atoms with Crippen LogP contribution in [0.25, 0.3) is 0 Å². The lowest BCUT2D eigenvalue weighted by atomic mass is 10.0. The molecule has 0 saturated carbocycles. The highest BCUT2D eigenvalue weighted by molar-refractivity contribution is 6.31. The molecule has 1 heterocycles. The summed E-state index contributed by atoms with van der Waals surface area (Å²) in [7, 11) is 0. The first-order chi connectivity index (χ1) is 12.0. The number of nitrogens with one attached hydrogen (secondary N) is 2. The maximum Gasteiger partial charge on any atom is 0.249 e. The number of aromatic nitrogens is 3. The van der Waals surface area contributed by atoms with Gasteiger partial charge in [-0.2, -0.15) is 10.1 Å². The van der Waals surface area contributed by atoms with Crippen LogP contribution in [0.5, 0.6) is 0 Å². The van der Waals surface area contributed by atoms with E-state index in [9.17, 15) is 0 Å². The third-order valence-corrected chi connectivity index (χ3v) is 4.24. The smallest absolute Gasteiger partial charge is 0.249 e. The number of benzene rings is 2. The van der Waals surface area contributed by atoms with Crippen molar-refractivity contribution < 1.29 is 0 Å². The molecule has 25 heavy (non-hydrogen) atoms. The summed E-state index contributed by atoms with van der Waals surface area (Å²) < 4.78 is 0. The molecule has 6 heteroatoms. The van der Waals surface area contributed by atoms with E-state index in [0.29, 0.717) is 22.7 Å². The molecule has 1 aromatic heterocycles. The molecule has 0 aliphatic carbocycles. The fourth-order valence-electron chi connectivity index (χ4n) is 2.32. The van der Waals surface area contributed by atoms with Crippen LogP contribution in [0.15, 0.2) is 48.7 Å². The summed E-state index contributed by atoms with van der Waals surface area (Å²) in [6, 6.07) is 14.0. The lowest BCUT2D eigenvalue weighted by molar-refractivity contribution is 0.867. The number of anilines is 4. The molecule has 128 valence electrons. The van der Waals surface area contributed by atoms with E-state index in [0.717, 1.165) is 16.9 Å². The van der Waals surface area contributed by atoms with Gasteiger partial charge in [0.25, 0.3) is 0 Å². The maximum atomic E-state index is 6.14. The van der Waals surface area contributed by atoms with E-state index < -0.39 is 0 Å². The van der Waals surface area contributed by atoms with Crippen molar-refractivity contribution in [2.24, 2.45) is 0 Å². The molecule has 0 fully saturated rings. The Morgan fingerprint density at radius 2 is 1.68 bits per heavy atom. The van der Waals surface area contributed by atoms with Gasteiger partial charge in [0.05, 0.1) is 6.20 Å². The van der Waals surface area contributed by atoms with Crippen molar-refractivity contribution in [1.29, 1.82) is 0 Å². The number of hydrogen-bond acceptors (Lipinski definition) is 5. The van der Waals surface area contributed by atoms with Gasteiger partial charge < -0.3 is 10.6 Å². The molecule has 5 nitrogen and oxygen atoms in total. The van der Waals surface area contributed by atoms with Crippen LogP contribution in [0.1, 0.15) is 30.9 Å². The molecule has 3 aromatic rings. The van der Waals surface area contributed by atoms with Crippen molar-refractivity contribution in [2.75, 3.05) is 10.6 Å². The Balaban J connectivity index is 1.73. The first-order valence-electron chi connectivity index (χ1n) is 8.11. The molecule has 0 saturated heterocycles. The van der Waals surface area contributed by atoms with Gasteiger partial charge in [-0.25, -0.2) is 0 Å². The molecule has 0 unspecified atom stereocenters. The predicted molar refractivity (Wildman–Crippen MR) is 103 cm³/mol. The largest absolute Gasteiger partial charge is 0.339 e. The molecule has 0 atom stereocenters. The molecular formula is C19H20ClN5. The summed E-state index contributed by atoms with van der Waals surface area (Å²) in [6.45, 7) is 6.30. The summed E-state index contributed by atoms with van der Waals surface area (Å²) in [6.07, 6.45) is 1.59. The van der Waals surface area contributed by atoms with E-state index in [1.54, 1.807) is 6.20 Å². The van der Waals surface area contributed by atoms with Crippen LogP contribution >= 0.6 is 11.6 Å². The fourth-order valence-corrected chi connectivity index (χ4v) is 2.50. The fraction of sp³-hybridized carbons (Fsp3) is 0.211. The highest BCUT2D eigenvalue weighted by Crippen LogP contribution is 2.23. The number of aryl methyl sites for hydroxylation is 1. The van der Waals surface area contributed by atoms with Gasteiger partial charge in [-0.1, -0.05) is 43.6 Å². The van der Waals surface area contributed by atoms with Crippen LogP contribution in [0.4, 0.5) is 23.1 Å². The van der Waals surface area contributed by atoms with Gasteiger partial charge in [0.2, 0.25) is 5.95 Å². The lowest BCUT2D eigenvalue weighted by Crippen LogP contribution is -2.02. The van der Waals surface area contributed by atoms with E-state index in [-0.39, 0.29) is 0 Å². The average molecular weight is 354 g/mol. The molecule has 0 bridgehead atoms. The van der Waals surface area contributed by atoms with Crippen LogP contribution < -0.4 is 10.6 Å². The standard InChI is InChI=1S/C19H20ClN5/c1-12(2)14-5-8-15(9-6-14)22-18-11-21-25-19(24-18)23-16-7-4-13(3)17(20)10-16/h4-12H,1-3H3,(H2,22,23,24,25). The lowest BCUT2D eigenvalue weighted by Gasteiger charge is -2.10.